The second kappa shape index (κ2) is 10.9. The maximum atomic E-state index is 13.0. The summed E-state index contributed by atoms with van der Waals surface area (Å²) in [7, 11) is 0. The lowest BCUT2D eigenvalue weighted by Gasteiger charge is -2.14. The molecule has 7 nitrogen and oxygen atoms in total. The first-order valence-corrected chi connectivity index (χ1v) is 12.1. The van der Waals surface area contributed by atoms with Crippen molar-refractivity contribution in [3.8, 4) is 11.5 Å². The third kappa shape index (κ3) is 5.82. The summed E-state index contributed by atoms with van der Waals surface area (Å²) < 4.78 is 12.1. The summed E-state index contributed by atoms with van der Waals surface area (Å²) in [5.74, 6) is 0.820. The van der Waals surface area contributed by atoms with E-state index in [1.165, 1.54) is 28.8 Å². The first-order chi connectivity index (χ1) is 16.9. The normalized spacial score (nSPS) is 14.5. The third-order valence-corrected chi connectivity index (χ3v) is 6.50. The Hall–Kier alpha value is -3.40. The van der Waals surface area contributed by atoms with E-state index in [0.717, 1.165) is 11.1 Å². The van der Waals surface area contributed by atoms with E-state index in [4.69, 9.17) is 33.3 Å². The molecule has 1 heterocycles. The molecule has 0 aromatic heterocycles. The zero-order valence-electron chi connectivity index (χ0n) is 18.5. The number of hydrogen-bond donors (Lipinski definition) is 0. The Labute approximate surface area is 216 Å². The molecule has 0 unspecified atom stereocenters. The van der Waals surface area contributed by atoms with Crippen LogP contribution in [0.15, 0.2) is 71.6 Å². The second-order valence-corrected chi connectivity index (χ2v) is 9.46. The second-order valence-electron chi connectivity index (χ2n) is 7.35. The number of nitro groups is 1. The lowest BCUT2D eigenvalue weighted by Crippen LogP contribution is -2.27. The van der Waals surface area contributed by atoms with E-state index in [0.29, 0.717) is 38.0 Å². The van der Waals surface area contributed by atoms with Crippen LogP contribution in [0.1, 0.15) is 18.1 Å². The number of thioether (sulfide) groups is 1. The van der Waals surface area contributed by atoms with Crippen molar-refractivity contribution in [3.63, 3.8) is 0 Å². The highest BCUT2D eigenvalue weighted by atomic mass is 35.5. The molecule has 0 N–H and O–H groups in total. The Morgan fingerprint density at radius 2 is 1.86 bits per heavy atom. The summed E-state index contributed by atoms with van der Waals surface area (Å²) in [4.78, 5) is 25.4. The van der Waals surface area contributed by atoms with Crippen molar-refractivity contribution in [2.75, 3.05) is 11.5 Å². The Bertz CT molecular complexity index is 1330. The van der Waals surface area contributed by atoms with E-state index in [1.807, 2.05) is 13.0 Å². The van der Waals surface area contributed by atoms with Crippen molar-refractivity contribution < 1.29 is 19.2 Å². The van der Waals surface area contributed by atoms with E-state index < -0.39 is 4.92 Å². The molecule has 0 saturated carbocycles. The Balaban J connectivity index is 1.52. The van der Waals surface area contributed by atoms with Gasteiger partial charge in [0, 0.05) is 17.2 Å². The quantitative estimate of drug-likeness (QED) is 0.141. The monoisotopic (exact) mass is 526 g/mol. The Morgan fingerprint density at radius 1 is 1.09 bits per heavy atom. The fourth-order valence-corrected chi connectivity index (χ4v) is 4.82. The SMILES string of the molecule is CCOc1cc(/C=C2\SC(=S)N(c3cccc(Cl)c3)C2=O)ccc1OCc1ccc([N+](=O)[O-])cc1. The van der Waals surface area contributed by atoms with Crippen molar-refractivity contribution in [1.29, 1.82) is 0 Å². The minimum absolute atomic E-state index is 0.0221. The van der Waals surface area contributed by atoms with Gasteiger partial charge in [-0.15, -0.1) is 0 Å². The fraction of sp³-hybridized carbons (Fsp3) is 0.120. The number of rotatable bonds is 8. The lowest BCUT2D eigenvalue weighted by atomic mass is 10.1. The van der Waals surface area contributed by atoms with Crippen molar-refractivity contribution in [1.82, 2.24) is 0 Å². The number of carbonyl (C=O) groups is 1. The summed E-state index contributed by atoms with van der Waals surface area (Å²) in [5, 5.41) is 11.3. The van der Waals surface area contributed by atoms with Crippen molar-refractivity contribution in [2.45, 2.75) is 13.5 Å². The van der Waals surface area contributed by atoms with Crippen LogP contribution in [0.3, 0.4) is 0 Å². The van der Waals surface area contributed by atoms with Crippen LogP contribution >= 0.6 is 35.6 Å². The molecule has 1 aliphatic heterocycles. The highest BCUT2D eigenvalue weighted by molar-refractivity contribution is 8.27. The van der Waals surface area contributed by atoms with Gasteiger partial charge in [-0.2, -0.15) is 0 Å². The number of halogens is 1. The summed E-state index contributed by atoms with van der Waals surface area (Å²) in [6.07, 6.45) is 1.76. The smallest absolute Gasteiger partial charge is 0.270 e. The van der Waals surface area contributed by atoms with Gasteiger partial charge in [-0.25, -0.2) is 0 Å². The Kier molecular flexibility index (Phi) is 7.70. The summed E-state index contributed by atoms with van der Waals surface area (Å²) in [6, 6.07) is 18.5. The molecule has 0 spiro atoms. The first-order valence-electron chi connectivity index (χ1n) is 10.5. The van der Waals surface area contributed by atoms with Gasteiger partial charge in [0.1, 0.15) is 6.61 Å². The van der Waals surface area contributed by atoms with Crippen molar-refractivity contribution in [3.05, 3.63) is 97.9 Å². The molecular weight excluding hydrogens is 508 g/mol. The maximum Gasteiger partial charge on any atom is 0.270 e. The number of amides is 1. The van der Waals surface area contributed by atoms with E-state index in [-0.39, 0.29) is 18.2 Å². The average Bonchev–Trinajstić information content (AvgIpc) is 3.11. The zero-order chi connectivity index (χ0) is 24.9. The number of ether oxygens (including phenoxy) is 2. The molecule has 3 aromatic rings. The van der Waals surface area contributed by atoms with E-state index >= 15 is 0 Å². The van der Waals surface area contributed by atoms with Crippen LogP contribution in [-0.4, -0.2) is 21.8 Å². The van der Waals surface area contributed by atoms with E-state index in [9.17, 15) is 14.9 Å². The molecule has 0 aliphatic carbocycles. The van der Waals surface area contributed by atoms with Crippen molar-refractivity contribution >= 4 is 63.3 Å². The molecule has 35 heavy (non-hydrogen) atoms. The molecular formula is C25H19ClN2O5S2. The van der Waals surface area contributed by atoms with Crippen LogP contribution in [0.4, 0.5) is 11.4 Å². The molecule has 1 aliphatic rings. The van der Waals surface area contributed by atoms with Gasteiger partial charge in [0.25, 0.3) is 11.6 Å². The van der Waals surface area contributed by atoms with Crippen LogP contribution in [0, 0.1) is 10.1 Å². The number of non-ortho nitro benzene ring substituents is 1. The molecule has 10 heteroatoms. The number of hydrogen-bond acceptors (Lipinski definition) is 7. The topological polar surface area (TPSA) is 81.9 Å². The average molecular weight is 527 g/mol. The largest absolute Gasteiger partial charge is 0.490 e. The molecule has 178 valence electrons. The van der Waals surface area contributed by atoms with E-state index in [2.05, 4.69) is 0 Å². The highest BCUT2D eigenvalue weighted by Gasteiger charge is 2.33. The van der Waals surface area contributed by atoms with Crippen molar-refractivity contribution in [2.24, 2.45) is 0 Å². The van der Waals surface area contributed by atoms with Crippen LogP contribution in [0.5, 0.6) is 11.5 Å². The molecule has 0 bridgehead atoms. The third-order valence-electron chi connectivity index (χ3n) is 4.97. The van der Waals surface area contributed by atoms with Gasteiger partial charge in [0.15, 0.2) is 15.8 Å². The fourth-order valence-electron chi connectivity index (χ4n) is 3.33. The van der Waals surface area contributed by atoms with Crippen LogP contribution in [0.25, 0.3) is 6.08 Å². The molecule has 4 rings (SSSR count). The van der Waals surface area contributed by atoms with Gasteiger partial charge in [-0.3, -0.25) is 19.8 Å². The van der Waals surface area contributed by atoms with Crippen LogP contribution in [-0.2, 0) is 11.4 Å². The molecule has 0 atom stereocenters. The standard InChI is InChI=1S/C25H19ClN2O5S2/c1-2-32-22-12-17(8-11-21(22)33-15-16-6-9-19(10-7-16)28(30)31)13-23-24(29)27(25(34)35-23)20-5-3-4-18(26)14-20/h3-14H,2,15H2,1H3/b23-13-. The van der Waals surface area contributed by atoms with Gasteiger partial charge >= 0.3 is 0 Å². The summed E-state index contributed by atoms with van der Waals surface area (Å²) in [5.41, 5.74) is 2.18. The van der Waals surface area contributed by atoms with Gasteiger partial charge < -0.3 is 9.47 Å². The maximum absolute atomic E-state index is 13.0. The molecule has 1 fully saturated rings. The minimum Gasteiger partial charge on any atom is -0.490 e. The van der Waals surface area contributed by atoms with Gasteiger partial charge in [0.05, 0.1) is 22.1 Å². The van der Waals surface area contributed by atoms with Gasteiger partial charge in [-0.1, -0.05) is 47.7 Å². The minimum atomic E-state index is -0.445. The number of carbonyl (C=O) groups excluding carboxylic acids is 1. The number of anilines is 1. The first kappa shape index (κ1) is 24.7. The number of nitro benzene ring substituents is 1. The molecule has 3 aromatic carbocycles. The highest BCUT2D eigenvalue weighted by Crippen LogP contribution is 2.38. The van der Waals surface area contributed by atoms with Crippen LogP contribution < -0.4 is 14.4 Å². The lowest BCUT2D eigenvalue weighted by molar-refractivity contribution is -0.384. The number of benzene rings is 3. The zero-order valence-corrected chi connectivity index (χ0v) is 20.9. The molecule has 1 saturated heterocycles. The Morgan fingerprint density at radius 3 is 2.54 bits per heavy atom. The predicted molar refractivity (Wildman–Crippen MR) is 142 cm³/mol. The number of thiocarbonyl (C=S) groups is 1. The predicted octanol–water partition coefficient (Wildman–Crippen LogP) is 6.63. The van der Waals surface area contributed by atoms with E-state index in [1.54, 1.807) is 54.6 Å². The van der Waals surface area contributed by atoms with Gasteiger partial charge in [0.2, 0.25) is 0 Å². The molecule has 1 amide bonds. The number of nitrogens with zero attached hydrogens (tertiary/aromatic N) is 2. The van der Waals surface area contributed by atoms with Crippen LogP contribution in [0.2, 0.25) is 5.02 Å². The summed E-state index contributed by atoms with van der Waals surface area (Å²) in [6.45, 7) is 2.51. The summed E-state index contributed by atoms with van der Waals surface area (Å²) >= 11 is 12.7. The van der Waals surface area contributed by atoms with Gasteiger partial charge in [-0.05, 0) is 66.6 Å². The molecule has 0 radical (unpaired) electrons.